The van der Waals surface area contributed by atoms with Gasteiger partial charge in [-0.05, 0) is 41.8 Å². The van der Waals surface area contributed by atoms with Crippen molar-refractivity contribution in [2.24, 2.45) is 0 Å². The van der Waals surface area contributed by atoms with Gasteiger partial charge in [0, 0.05) is 7.11 Å². The Morgan fingerprint density at radius 3 is 2.35 bits per heavy atom. The minimum absolute atomic E-state index is 0.0228. The first-order valence-corrected chi connectivity index (χ1v) is 7.40. The molecule has 23 heavy (non-hydrogen) atoms. The lowest BCUT2D eigenvalue weighted by molar-refractivity contribution is 0.0890. The molecule has 0 aliphatic heterocycles. The molecule has 0 radical (unpaired) electrons. The SMILES string of the molecule is CCC(COC)NC(=O)c1ccc(-c2ccc(F)cc2)cc1F. The van der Waals surface area contributed by atoms with Gasteiger partial charge in [-0.15, -0.1) is 0 Å². The van der Waals surface area contributed by atoms with Gasteiger partial charge in [0.05, 0.1) is 18.2 Å². The molecule has 2 aromatic rings. The third-order valence-electron chi connectivity index (χ3n) is 3.59. The van der Waals surface area contributed by atoms with E-state index < -0.39 is 11.7 Å². The highest BCUT2D eigenvalue weighted by Gasteiger charge is 2.16. The maximum absolute atomic E-state index is 14.2. The monoisotopic (exact) mass is 319 g/mol. The lowest BCUT2D eigenvalue weighted by Gasteiger charge is -2.16. The highest BCUT2D eigenvalue weighted by atomic mass is 19.1. The van der Waals surface area contributed by atoms with Crippen molar-refractivity contribution in [1.82, 2.24) is 5.32 Å². The Balaban J connectivity index is 2.18. The van der Waals surface area contributed by atoms with E-state index in [4.69, 9.17) is 4.74 Å². The first-order valence-electron chi connectivity index (χ1n) is 7.40. The molecule has 1 atom stereocenters. The van der Waals surface area contributed by atoms with E-state index in [0.717, 1.165) is 0 Å². The lowest BCUT2D eigenvalue weighted by Crippen LogP contribution is -2.37. The van der Waals surface area contributed by atoms with Gasteiger partial charge in [0.1, 0.15) is 11.6 Å². The van der Waals surface area contributed by atoms with Gasteiger partial charge in [0.25, 0.3) is 5.91 Å². The fourth-order valence-electron chi connectivity index (χ4n) is 2.25. The number of nitrogens with one attached hydrogen (secondary N) is 1. The van der Waals surface area contributed by atoms with Crippen molar-refractivity contribution >= 4 is 5.91 Å². The molecule has 0 bridgehead atoms. The van der Waals surface area contributed by atoms with Crippen LogP contribution in [-0.2, 0) is 4.74 Å². The van der Waals surface area contributed by atoms with Crippen LogP contribution in [0.3, 0.4) is 0 Å². The summed E-state index contributed by atoms with van der Waals surface area (Å²) in [6.45, 7) is 2.29. The minimum Gasteiger partial charge on any atom is -0.383 e. The number of benzene rings is 2. The molecule has 1 unspecified atom stereocenters. The molecule has 1 N–H and O–H groups in total. The molecule has 3 nitrogen and oxygen atoms in total. The van der Waals surface area contributed by atoms with Crippen LogP contribution in [0.5, 0.6) is 0 Å². The summed E-state index contributed by atoms with van der Waals surface area (Å²) in [7, 11) is 1.55. The third-order valence-corrected chi connectivity index (χ3v) is 3.59. The predicted octanol–water partition coefficient (Wildman–Crippen LogP) is 3.79. The number of ether oxygens (including phenoxy) is 1. The molecule has 0 spiro atoms. The van der Waals surface area contributed by atoms with Crippen LogP contribution in [-0.4, -0.2) is 25.7 Å². The molecule has 0 fully saturated rings. The number of amides is 1. The second kappa shape index (κ2) is 7.83. The highest BCUT2D eigenvalue weighted by Crippen LogP contribution is 2.22. The molecule has 5 heteroatoms. The van der Waals surface area contributed by atoms with Gasteiger partial charge in [0.2, 0.25) is 0 Å². The van der Waals surface area contributed by atoms with E-state index in [2.05, 4.69) is 5.32 Å². The van der Waals surface area contributed by atoms with Gasteiger partial charge in [-0.3, -0.25) is 4.79 Å². The van der Waals surface area contributed by atoms with E-state index in [1.165, 1.54) is 24.3 Å². The molecule has 0 aliphatic carbocycles. The summed E-state index contributed by atoms with van der Waals surface area (Å²) in [5.41, 5.74) is 1.25. The molecule has 122 valence electrons. The largest absolute Gasteiger partial charge is 0.383 e. The second-order valence-corrected chi connectivity index (χ2v) is 5.24. The van der Waals surface area contributed by atoms with Gasteiger partial charge >= 0.3 is 0 Å². The maximum Gasteiger partial charge on any atom is 0.254 e. The number of carbonyl (C=O) groups is 1. The van der Waals surface area contributed by atoms with E-state index in [9.17, 15) is 13.6 Å². The Bertz CT molecular complexity index is 671. The molecule has 0 heterocycles. The van der Waals surface area contributed by atoms with Gasteiger partial charge in [-0.25, -0.2) is 8.78 Å². The maximum atomic E-state index is 14.2. The van der Waals surface area contributed by atoms with E-state index in [-0.39, 0.29) is 17.4 Å². The molecule has 2 rings (SSSR count). The Morgan fingerprint density at radius 2 is 1.78 bits per heavy atom. The average molecular weight is 319 g/mol. The summed E-state index contributed by atoms with van der Waals surface area (Å²) in [5.74, 6) is -1.44. The summed E-state index contributed by atoms with van der Waals surface area (Å²) < 4.78 is 32.2. The number of hydrogen-bond acceptors (Lipinski definition) is 2. The summed E-state index contributed by atoms with van der Waals surface area (Å²) >= 11 is 0. The van der Waals surface area contributed by atoms with Crippen LogP contribution in [0, 0.1) is 11.6 Å². The Kier molecular flexibility index (Phi) is 5.82. The normalized spacial score (nSPS) is 12.0. The molecule has 2 aromatic carbocycles. The van der Waals surface area contributed by atoms with Crippen molar-refractivity contribution in [3.05, 3.63) is 59.7 Å². The fourth-order valence-corrected chi connectivity index (χ4v) is 2.25. The summed E-state index contributed by atoms with van der Waals surface area (Å²) in [5, 5.41) is 2.74. The minimum atomic E-state index is -0.614. The number of halogens is 2. The number of methoxy groups -OCH3 is 1. The smallest absolute Gasteiger partial charge is 0.254 e. The van der Waals surface area contributed by atoms with Crippen molar-refractivity contribution in [1.29, 1.82) is 0 Å². The Labute approximate surface area is 134 Å². The van der Waals surface area contributed by atoms with E-state index in [1.54, 1.807) is 25.3 Å². The zero-order valence-electron chi connectivity index (χ0n) is 13.1. The van der Waals surface area contributed by atoms with Gasteiger partial charge in [-0.2, -0.15) is 0 Å². The number of carbonyl (C=O) groups excluding carboxylic acids is 1. The van der Waals surface area contributed by atoms with Crippen molar-refractivity contribution < 1.29 is 18.3 Å². The van der Waals surface area contributed by atoms with E-state index >= 15 is 0 Å². The van der Waals surface area contributed by atoms with Gasteiger partial charge < -0.3 is 10.1 Å². The van der Waals surface area contributed by atoms with Crippen molar-refractivity contribution in [2.45, 2.75) is 19.4 Å². The number of rotatable bonds is 6. The topological polar surface area (TPSA) is 38.3 Å². The predicted molar refractivity (Wildman–Crippen MR) is 85.2 cm³/mol. The third kappa shape index (κ3) is 4.36. The summed E-state index contributed by atoms with van der Waals surface area (Å²) in [4.78, 5) is 12.1. The molecule has 0 saturated carbocycles. The first kappa shape index (κ1) is 17.1. The summed E-state index contributed by atoms with van der Waals surface area (Å²) in [6, 6.07) is 9.94. The zero-order valence-corrected chi connectivity index (χ0v) is 13.1. The van der Waals surface area contributed by atoms with Crippen LogP contribution in [0.25, 0.3) is 11.1 Å². The van der Waals surface area contributed by atoms with Crippen LogP contribution in [0.1, 0.15) is 23.7 Å². The van der Waals surface area contributed by atoms with Crippen LogP contribution in [0.4, 0.5) is 8.78 Å². The molecular weight excluding hydrogens is 300 g/mol. The van der Waals surface area contributed by atoms with Crippen LogP contribution in [0.15, 0.2) is 42.5 Å². The average Bonchev–Trinajstić information content (AvgIpc) is 2.54. The van der Waals surface area contributed by atoms with Crippen molar-refractivity contribution in [2.75, 3.05) is 13.7 Å². The van der Waals surface area contributed by atoms with Crippen LogP contribution >= 0.6 is 0 Å². The zero-order chi connectivity index (χ0) is 16.8. The molecular formula is C18H19F2NO2. The first-order chi connectivity index (χ1) is 11.0. The molecule has 0 aromatic heterocycles. The van der Waals surface area contributed by atoms with Crippen LogP contribution in [0.2, 0.25) is 0 Å². The van der Waals surface area contributed by atoms with Crippen molar-refractivity contribution in [3.63, 3.8) is 0 Å². The quantitative estimate of drug-likeness (QED) is 0.880. The molecule has 0 saturated heterocycles. The van der Waals surface area contributed by atoms with Crippen molar-refractivity contribution in [3.8, 4) is 11.1 Å². The molecule has 0 aliphatic rings. The van der Waals surface area contributed by atoms with Gasteiger partial charge in [0.15, 0.2) is 0 Å². The molecule has 1 amide bonds. The van der Waals surface area contributed by atoms with Crippen LogP contribution < -0.4 is 5.32 Å². The Hall–Kier alpha value is -2.27. The van der Waals surface area contributed by atoms with E-state index in [1.807, 2.05) is 6.92 Å². The number of hydrogen-bond donors (Lipinski definition) is 1. The van der Waals surface area contributed by atoms with Gasteiger partial charge in [-0.1, -0.05) is 25.1 Å². The lowest BCUT2D eigenvalue weighted by atomic mass is 10.0. The summed E-state index contributed by atoms with van der Waals surface area (Å²) in [6.07, 6.45) is 0.689. The fraction of sp³-hybridized carbons (Fsp3) is 0.278. The van der Waals surface area contributed by atoms with E-state index in [0.29, 0.717) is 24.2 Å². The Morgan fingerprint density at radius 1 is 1.13 bits per heavy atom. The highest BCUT2D eigenvalue weighted by molar-refractivity contribution is 5.95. The second-order valence-electron chi connectivity index (χ2n) is 5.24. The standard InChI is InChI=1S/C18H19F2NO2/c1-3-15(11-23-2)21-18(22)16-9-6-13(10-17(16)20)12-4-7-14(19)8-5-12/h4-10,15H,3,11H2,1-2H3,(H,21,22).